The zero-order valence-electron chi connectivity index (χ0n) is 11.4. The van der Waals surface area contributed by atoms with Gasteiger partial charge in [-0.25, -0.2) is 8.42 Å². The van der Waals surface area contributed by atoms with Gasteiger partial charge in [-0.1, -0.05) is 18.2 Å². The summed E-state index contributed by atoms with van der Waals surface area (Å²) in [6.45, 7) is 1.85. The van der Waals surface area contributed by atoms with Gasteiger partial charge in [-0.05, 0) is 42.8 Å². The summed E-state index contributed by atoms with van der Waals surface area (Å²) in [6.07, 6.45) is 0. The van der Waals surface area contributed by atoms with E-state index >= 15 is 0 Å². The zero-order valence-corrected chi connectivity index (χ0v) is 12.3. The lowest BCUT2D eigenvalue weighted by atomic mass is 10.1. The van der Waals surface area contributed by atoms with E-state index in [0.29, 0.717) is 11.3 Å². The molecule has 0 fully saturated rings. The van der Waals surface area contributed by atoms with E-state index in [9.17, 15) is 8.42 Å². The summed E-state index contributed by atoms with van der Waals surface area (Å²) in [5.74, 6) is 0. The fraction of sp³-hybridized carbons (Fsp3) is 0.133. The molecule has 3 N–H and O–H groups in total. The molecular formula is C15H15N3O2S. The van der Waals surface area contributed by atoms with Gasteiger partial charge in [-0.3, -0.25) is 4.72 Å². The van der Waals surface area contributed by atoms with Crippen LogP contribution in [0.15, 0.2) is 53.4 Å². The van der Waals surface area contributed by atoms with Crippen LogP contribution in [0.25, 0.3) is 0 Å². The summed E-state index contributed by atoms with van der Waals surface area (Å²) < 4.78 is 27.0. The highest BCUT2D eigenvalue weighted by atomic mass is 32.2. The minimum atomic E-state index is -3.71. The van der Waals surface area contributed by atoms with Crippen molar-refractivity contribution in [2.45, 2.75) is 17.9 Å². The van der Waals surface area contributed by atoms with E-state index in [4.69, 9.17) is 11.0 Å². The first-order valence-electron chi connectivity index (χ1n) is 6.31. The number of benzene rings is 2. The Labute approximate surface area is 124 Å². The van der Waals surface area contributed by atoms with Gasteiger partial charge >= 0.3 is 0 Å². The lowest BCUT2D eigenvalue weighted by molar-refractivity contribution is 0.601. The molecule has 0 saturated carbocycles. The van der Waals surface area contributed by atoms with Crippen molar-refractivity contribution < 1.29 is 8.42 Å². The number of nitrogens with two attached hydrogens (primary N) is 1. The molecule has 6 heteroatoms. The standard InChI is InChI=1S/C15H15N3O2S/c1-11(17)13-5-7-14(8-6-13)18-21(19,20)15-4-2-3-12(9-15)10-16/h2-9,11,18H,17H2,1H3. The Balaban J connectivity index is 2.26. The van der Waals surface area contributed by atoms with Gasteiger partial charge in [0, 0.05) is 11.7 Å². The van der Waals surface area contributed by atoms with Crippen LogP contribution in [-0.2, 0) is 10.0 Å². The van der Waals surface area contributed by atoms with Gasteiger partial charge in [0.05, 0.1) is 16.5 Å². The van der Waals surface area contributed by atoms with Gasteiger partial charge < -0.3 is 5.73 Å². The summed E-state index contributed by atoms with van der Waals surface area (Å²) in [6, 6.07) is 14.5. The van der Waals surface area contributed by atoms with E-state index in [1.807, 2.05) is 13.0 Å². The molecule has 108 valence electrons. The van der Waals surface area contributed by atoms with E-state index < -0.39 is 10.0 Å². The van der Waals surface area contributed by atoms with Crippen LogP contribution < -0.4 is 10.5 Å². The molecule has 0 aromatic heterocycles. The van der Waals surface area contributed by atoms with Crippen LogP contribution in [0.2, 0.25) is 0 Å². The lowest BCUT2D eigenvalue weighted by Gasteiger charge is -2.10. The van der Waals surface area contributed by atoms with E-state index in [-0.39, 0.29) is 10.9 Å². The van der Waals surface area contributed by atoms with Crippen molar-refractivity contribution in [2.75, 3.05) is 4.72 Å². The van der Waals surface area contributed by atoms with Crippen molar-refractivity contribution in [1.82, 2.24) is 0 Å². The first-order valence-corrected chi connectivity index (χ1v) is 7.79. The first-order chi connectivity index (χ1) is 9.92. The van der Waals surface area contributed by atoms with Crippen LogP contribution in [0, 0.1) is 11.3 Å². The van der Waals surface area contributed by atoms with Gasteiger partial charge in [-0.2, -0.15) is 5.26 Å². The second kappa shape index (κ2) is 5.95. The molecule has 0 aliphatic heterocycles. The third-order valence-corrected chi connectivity index (χ3v) is 4.34. The minimum absolute atomic E-state index is 0.0535. The van der Waals surface area contributed by atoms with Crippen LogP contribution in [0.3, 0.4) is 0 Å². The number of hydrogen-bond donors (Lipinski definition) is 2. The molecule has 0 spiro atoms. The number of hydrogen-bond acceptors (Lipinski definition) is 4. The van der Waals surface area contributed by atoms with Crippen LogP contribution in [0.1, 0.15) is 24.1 Å². The predicted octanol–water partition coefficient (Wildman–Crippen LogP) is 2.38. The summed E-state index contributed by atoms with van der Waals surface area (Å²) in [5.41, 5.74) is 7.41. The molecule has 0 saturated heterocycles. The Bertz CT molecular complexity index is 775. The summed E-state index contributed by atoms with van der Waals surface area (Å²) in [4.78, 5) is 0.0535. The maximum Gasteiger partial charge on any atom is 0.261 e. The molecule has 0 aliphatic rings. The average Bonchev–Trinajstić information content (AvgIpc) is 2.47. The van der Waals surface area contributed by atoms with Crippen molar-refractivity contribution in [3.63, 3.8) is 0 Å². The van der Waals surface area contributed by atoms with Crippen molar-refractivity contribution in [3.05, 3.63) is 59.7 Å². The number of rotatable bonds is 4. The minimum Gasteiger partial charge on any atom is -0.324 e. The first kappa shape index (κ1) is 15.0. The molecule has 2 aromatic carbocycles. The molecule has 21 heavy (non-hydrogen) atoms. The summed E-state index contributed by atoms with van der Waals surface area (Å²) in [7, 11) is -3.71. The summed E-state index contributed by atoms with van der Waals surface area (Å²) in [5, 5.41) is 8.82. The maximum absolute atomic E-state index is 12.2. The second-order valence-corrected chi connectivity index (χ2v) is 6.34. The Morgan fingerprint density at radius 2 is 1.86 bits per heavy atom. The highest BCUT2D eigenvalue weighted by molar-refractivity contribution is 7.92. The van der Waals surface area contributed by atoms with Gasteiger partial charge in [0.1, 0.15) is 0 Å². The molecule has 1 atom stereocenters. The Kier molecular flexibility index (Phi) is 4.26. The Hall–Kier alpha value is -2.36. The number of nitrogens with one attached hydrogen (secondary N) is 1. The predicted molar refractivity (Wildman–Crippen MR) is 81.0 cm³/mol. The van der Waals surface area contributed by atoms with Gasteiger partial charge in [0.15, 0.2) is 0 Å². The number of sulfonamides is 1. The molecule has 0 bridgehead atoms. The number of nitrogens with zero attached hydrogens (tertiary/aromatic N) is 1. The number of anilines is 1. The van der Waals surface area contributed by atoms with Crippen molar-refractivity contribution in [1.29, 1.82) is 5.26 Å². The quantitative estimate of drug-likeness (QED) is 0.906. The van der Waals surface area contributed by atoms with Gasteiger partial charge in [0.25, 0.3) is 10.0 Å². The Morgan fingerprint density at radius 3 is 2.43 bits per heavy atom. The largest absolute Gasteiger partial charge is 0.324 e. The van der Waals surface area contributed by atoms with Crippen molar-refractivity contribution >= 4 is 15.7 Å². The smallest absolute Gasteiger partial charge is 0.261 e. The molecule has 0 amide bonds. The SMILES string of the molecule is CC(N)c1ccc(NS(=O)(=O)c2cccc(C#N)c2)cc1. The monoisotopic (exact) mass is 301 g/mol. The highest BCUT2D eigenvalue weighted by Crippen LogP contribution is 2.19. The van der Waals surface area contributed by atoms with Crippen molar-refractivity contribution in [3.8, 4) is 6.07 Å². The van der Waals surface area contributed by atoms with Crippen LogP contribution in [0.4, 0.5) is 5.69 Å². The second-order valence-electron chi connectivity index (χ2n) is 4.66. The maximum atomic E-state index is 12.2. The van der Waals surface area contributed by atoms with Crippen LogP contribution in [-0.4, -0.2) is 8.42 Å². The molecule has 0 heterocycles. The summed E-state index contributed by atoms with van der Waals surface area (Å²) >= 11 is 0. The van der Waals surface area contributed by atoms with Gasteiger partial charge in [-0.15, -0.1) is 0 Å². The fourth-order valence-corrected chi connectivity index (χ4v) is 2.91. The van der Waals surface area contributed by atoms with E-state index in [2.05, 4.69) is 4.72 Å². The number of nitriles is 1. The molecule has 0 aliphatic carbocycles. The molecular weight excluding hydrogens is 286 g/mol. The average molecular weight is 301 g/mol. The van der Waals surface area contributed by atoms with E-state index in [1.165, 1.54) is 18.2 Å². The molecule has 2 aromatic rings. The molecule has 1 unspecified atom stereocenters. The van der Waals surface area contributed by atoms with Crippen molar-refractivity contribution in [2.24, 2.45) is 5.73 Å². The highest BCUT2D eigenvalue weighted by Gasteiger charge is 2.14. The Morgan fingerprint density at radius 1 is 1.19 bits per heavy atom. The van der Waals surface area contributed by atoms with Gasteiger partial charge in [0.2, 0.25) is 0 Å². The molecule has 5 nitrogen and oxygen atoms in total. The third kappa shape index (κ3) is 3.60. The third-order valence-electron chi connectivity index (χ3n) is 2.96. The fourth-order valence-electron chi connectivity index (χ4n) is 1.80. The lowest BCUT2D eigenvalue weighted by Crippen LogP contribution is -2.13. The van der Waals surface area contributed by atoms with Crippen LogP contribution >= 0.6 is 0 Å². The van der Waals surface area contributed by atoms with E-state index in [1.54, 1.807) is 30.3 Å². The zero-order chi connectivity index (χ0) is 15.5. The molecule has 0 radical (unpaired) electrons. The topological polar surface area (TPSA) is 96.0 Å². The van der Waals surface area contributed by atoms with E-state index in [0.717, 1.165) is 5.56 Å². The normalized spacial score (nSPS) is 12.4. The molecule has 2 rings (SSSR count). The van der Waals surface area contributed by atoms with Crippen LogP contribution in [0.5, 0.6) is 0 Å².